The molecule has 1 aliphatic rings. The molecule has 7 heavy (non-hydrogen) atoms. The van der Waals surface area contributed by atoms with Crippen LogP contribution in [0.2, 0.25) is 0 Å². The van der Waals surface area contributed by atoms with E-state index in [0.29, 0.717) is 6.42 Å². The zero-order valence-corrected chi connectivity index (χ0v) is 3.78. The lowest BCUT2D eigenvalue weighted by molar-refractivity contribution is 0.177. The average molecular weight is 98.1 g/mol. The van der Waals surface area contributed by atoms with E-state index in [4.69, 9.17) is 5.11 Å². The summed E-state index contributed by atoms with van der Waals surface area (Å²) in [4.78, 5) is 0. The monoisotopic (exact) mass is 98.0 g/mol. The summed E-state index contributed by atoms with van der Waals surface area (Å²) < 4.78 is 0. The number of nitrogens with zero attached hydrogens (tertiary/aromatic N) is 2. The second-order valence-electron chi connectivity index (χ2n) is 1.33. The summed E-state index contributed by atoms with van der Waals surface area (Å²) in [6.45, 7) is 0. The first kappa shape index (κ1) is 4.46. The Balaban J connectivity index is 2.49. The van der Waals surface area contributed by atoms with E-state index in [1.54, 1.807) is 12.3 Å². The van der Waals surface area contributed by atoms with Crippen molar-refractivity contribution >= 4 is 0 Å². The van der Waals surface area contributed by atoms with Gasteiger partial charge in [-0.05, 0) is 0 Å². The normalized spacial score (nSPS) is 28.4. The van der Waals surface area contributed by atoms with Gasteiger partial charge in [-0.3, -0.25) is 0 Å². The van der Waals surface area contributed by atoms with Crippen LogP contribution >= 0.6 is 0 Å². The van der Waals surface area contributed by atoms with Crippen molar-refractivity contribution in [3.05, 3.63) is 12.3 Å². The molecule has 0 bridgehead atoms. The lowest BCUT2D eigenvalue weighted by atomic mass is 10.4. The quantitative estimate of drug-likeness (QED) is 0.475. The highest BCUT2D eigenvalue weighted by atomic mass is 16.3. The van der Waals surface area contributed by atoms with Crippen LogP contribution in [-0.2, 0) is 0 Å². The van der Waals surface area contributed by atoms with Gasteiger partial charge in [-0.15, -0.1) is 0 Å². The van der Waals surface area contributed by atoms with Gasteiger partial charge in [-0.2, -0.15) is 10.2 Å². The maximum absolute atomic E-state index is 8.60. The molecule has 1 atom stereocenters. The van der Waals surface area contributed by atoms with E-state index < -0.39 is 6.23 Å². The summed E-state index contributed by atoms with van der Waals surface area (Å²) >= 11 is 0. The van der Waals surface area contributed by atoms with Crippen LogP contribution < -0.4 is 0 Å². The molecule has 1 heterocycles. The molecule has 0 aromatic heterocycles. The molecule has 3 nitrogen and oxygen atoms in total. The van der Waals surface area contributed by atoms with Gasteiger partial charge in [-0.25, -0.2) is 0 Å². The molecule has 0 fully saturated rings. The van der Waals surface area contributed by atoms with Crippen molar-refractivity contribution in [1.29, 1.82) is 0 Å². The molecular formula is C4H6N2O. The molecule has 0 aromatic carbocycles. The van der Waals surface area contributed by atoms with Crippen LogP contribution in [0.4, 0.5) is 0 Å². The van der Waals surface area contributed by atoms with Crippen LogP contribution in [0.3, 0.4) is 0 Å². The van der Waals surface area contributed by atoms with Gasteiger partial charge in [0, 0.05) is 12.6 Å². The second kappa shape index (κ2) is 1.84. The number of rotatable bonds is 0. The van der Waals surface area contributed by atoms with E-state index >= 15 is 0 Å². The number of azo groups is 1. The molecule has 0 amide bonds. The Morgan fingerprint density at radius 2 is 2.57 bits per heavy atom. The van der Waals surface area contributed by atoms with E-state index in [1.807, 2.05) is 0 Å². The highest BCUT2D eigenvalue weighted by Gasteiger charge is 1.97. The largest absolute Gasteiger partial charge is 0.370 e. The molecule has 0 aliphatic carbocycles. The molecule has 38 valence electrons. The van der Waals surface area contributed by atoms with Gasteiger partial charge < -0.3 is 5.11 Å². The summed E-state index contributed by atoms with van der Waals surface area (Å²) in [5, 5.41) is 15.5. The summed E-state index contributed by atoms with van der Waals surface area (Å²) in [7, 11) is 0. The summed E-state index contributed by atoms with van der Waals surface area (Å²) in [5.41, 5.74) is 0. The fraction of sp³-hybridized carbons (Fsp3) is 0.500. The summed E-state index contributed by atoms with van der Waals surface area (Å²) in [6, 6.07) is 0. The summed E-state index contributed by atoms with van der Waals surface area (Å²) in [5.74, 6) is 0. The minimum absolute atomic E-state index is 0.593. The van der Waals surface area contributed by atoms with Crippen LogP contribution in [0.5, 0.6) is 0 Å². The van der Waals surface area contributed by atoms with E-state index in [-0.39, 0.29) is 0 Å². The molecule has 0 saturated carbocycles. The molecule has 1 rings (SSSR count). The third kappa shape index (κ3) is 1.08. The SMILES string of the molecule is OC1CC=CN=N1. The molecule has 1 aliphatic heterocycles. The fourth-order valence-electron chi connectivity index (χ4n) is 0.392. The van der Waals surface area contributed by atoms with E-state index in [0.717, 1.165) is 0 Å². The van der Waals surface area contributed by atoms with Gasteiger partial charge in [0.1, 0.15) is 0 Å². The molecule has 0 spiro atoms. The maximum Gasteiger partial charge on any atom is 0.169 e. The molecule has 0 saturated heterocycles. The van der Waals surface area contributed by atoms with Crippen molar-refractivity contribution < 1.29 is 5.11 Å². The van der Waals surface area contributed by atoms with Crippen molar-refractivity contribution in [3.8, 4) is 0 Å². The van der Waals surface area contributed by atoms with Crippen molar-refractivity contribution in [3.63, 3.8) is 0 Å². The van der Waals surface area contributed by atoms with E-state index in [2.05, 4.69) is 10.2 Å². The third-order valence-corrected chi connectivity index (χ3v) is 0.719. The van der Waals surface area contributed by atoms with Crippen LogP contribution in [0, 0.1) is 0 Å². The Bertz CT molecular complexity index is 108. The molecule has 1 N–H and O–H groups in total. The number of aliphatic hydroxyl groups is 1. The first-order chi connectivity index (χ1) is 3.39. The van der Waals surface area contributed by atoms with Gasteiger partial charge in [0.05, 0.1) is 0 Å². The van der Waals surface area contributed by atoms with Gasteiger partial charge in [0.25, 0.3) is 0 Å². The number of aliphatic hydroxyl groups excluding tert-OH is 1. The van der Waals surface area contributed by atoms with Crippen LogP contribution in [0.25, 0.3) is 0 Å². The summed E-state index contributed by atoms with van der Waals surface area (Å²) in [6.07, 6.45) is 3.36. The van der Waals surface area contributed by atoms with Crippen molar-refractivity contribution in [2.45, 2.75) is 12.6 Å². The van der Waals surface area contributed by atoms with Crippen molar-refractivity contribution in [2.24, 2.45) is 10.2 Å². The Hall–Kier alpha value is -0.700. The smallest absolute Gasteiger partial charge is 0.169 e. The first-order valence-corrected chi connectivity index (χ1v) is 2.12. The lowest BCUT2D eigenvalue weighted by Gasteiger charge is -1.99. The lowest BCUT2D eigenvalue weighted by Crippen LogP contribution is -2.00. The number of hydrogen-bond acceptors (Lipinski definition) is 3. The molecular weight excluding hydrogens is 92.1 g/mol. The molecule has 3 heteroatoms. The molecule has 0 aromatic rings. The second-order valence-corrected chi connectivity index (χ2v) is 1.33. The predicted molar refractivity (Wildman–Crippen MR) is 24.6 cm³/mol. The minimum Gasteiger partial charge on any atom is -0.370 e. The van der Waals surface area contributed by atoms with Gasteiger partial charge in [0.15, 0.2) is 6.23 Å². The van der Waals surface area contributed by atoms with Crippen molar-refractivity contribution in [2.75, 3.05) is 0 Å². The van der Waals surface area contributed by atoms with Crippen molar-refractivity contribution in [1.82, 2.24) is 0 Å². The van der Waals surface area contributed by atoms with Crippen LogP contribution in [0.1, 0.15) is 6.42 Å². The van der Waals surface area contributed by atoms with E-state index in [9.17, 15) is 0 Å². The zero-order valence-electron chi connectivity index (χ0n) is 3.78. The number of hydrogen-bond donors (Lipinski definition) is 1. The molecule has 1 unspecified atom stereocenters. The predicted octanol–water partition coefficient (Wildman–Crippen LogP) is 0.674. The molecule has 0 radical (unpaired) electrons. The highest BCUT2D eigenvalue weighted by Crippen LogP contribution is 2.00. The first-order valence-electron chi connectivity index (χ1n) is 2.12. The maximum atomic E-state index is 8.60. The average Bonchev–Trinajstić information content (AvgIpc) is 1.69. The van der Waals surface area contributed by atoms with Crippen LogP contribution in [-0.4, -0.2) is 11.3 Å². The Morgan fingerprint density at radius 3 is 2.86 bits per heavy atom. The topological polar surface area (TPSA) is 45.0 Å². The Morgan fingerprint density at radius 1 is 1.71 bits per heavy atom. The third-order valence-electron chi connectivity index (χ3n) is 0.719. The Kier molecular flexibility index (Phi) is 1.17. The van der Waals surface area contributed by atoms with Crippen LogP contribution in [0.15, 0.2) is 22.5 Å². The standard InChI is InChI=1S/C4H6N2O/c7-4-2-1-3-5-6-4/h1,3-4,7H,2H2. The zero-order chi connectivity index (χ0) is 5.11. The fourth-order valence-corrected chi connectivity index (χ4v) is 0.392. The minimum atomic E-state index is -0.593. The van der Waals surface area contributed by atoms with E-state index in [1.165, 1.54) is 0 Å². The van der Waals surface area contributed by atoms with Gasteiger partial charge in [-0.1, -0.05) is 6.08 Å². The van der Waals surface area contributed by atoms with Gasteiger partial charge >= 0.3 is 0 Å². The van der Waals surface area contributed by atoms with Gasteiger partial charge in [0.2, 0.25) is 0 Å². The highest BCUT2D eigenvalue weighted by molar-refractivity contribution is 4.83. The Labute approximate surface area is 41.4 Å².